The van der Waals surface area contributed by atoms with E-state index in [4.69, 9.17) is 14.2 Å². The lowest BCUT2D eigenvalue weighted by atomic mass is 9.47. The quantitative estimate of drug-likeness (QED) is 0.0373. The van der Waals surface area contributed by atoms with Gasteiger partial charge in [-0.25, -0.2) is 0 Å². The molecule has 0 bridgehead atoms. The molecule has 328 valence electrons. The van der Waals surface area contributed by atoms with E-state index < -0.39 is 12.1 Å². The van der Waals surface area contributed by atoms with Gasteiger partial charge in [-0.3, -0.25) is 14.4 Å². The molecule has 4 rings (SSSR count). The molecule has 3 saturated carbocycles. The number of allylic oxidation sites excluding steroid dienone is 1. The fraction of sp³-hybridized carbons (Fsp3) is 0.900. The van der Waals surface area contributed by atoms with E-state index in [1.165, 1.54) is 108 Å². The first kappa shape index (κ1) is 47.8. The van der Waals surface area contributed by atoms with Crippen molar-refractivity contribution in [2.45, 2.75) is 214 Å². The number of hydrogen-bond donors (Lipinski definition) is 0. The van der Waals surface area contributed by atoms with Crippen molar-refractivity contribution in [3.8, 4) is 0 Å². The van der Waals surface area contributed by atoms with Gasteiger partial charge < -0.3 is 19.1 Å². The van der Waals surface area contributed by atoms with Gasteiger partial charge in [0.25, 0.3) is 0 Å². The molecule has 3 fully saturated rings. The van der Waals surface area contributed by atoms with Crippen molar-refractivity contribution >= 4 is 17.9 Å². The number of unbranched alkanes of at least 4 members (excludes halogenated alkanes) is 10. The Kier molecular flexibility index (Phi) is 19.9. The molecular weight excluding hydrogens is 711 g/mol. The molecule has 0 aromatic heterocycles. The van der Waals surface area contributed by atoms with Crippen LogP contribution in [0.1, 0.15) is 202 Å². The molecule has 0 amide bonds. The van der Waals surface area contributed by atoms with Crippen molar-refractivity contribution in [1.82, 2.24) is 4.90 Å². The summed E-state index contributed by atoms with van der Waals surface area (Å²) in [5.41, 5.74) is 2.20. The van der Waals surface area contributed by atoms with Gasteiger partial charge in [0.05, 0.1) is 12.8 Å². The van der Waals surface area contributed by atoms with Crippen molar-refractivity contribution in [2.75, 3.05) is 27.2 Å². The molecule has 7 nitrogen and oxygen atoms in total. The average Bonchev–Trinajstić information content (AvgIpc) is 3.52. The standard InChI is InChI=1S/C50H87NO6/c1-9-10-11-12-13-14-15-16-17-18-19-23-47(53)57-41(35-51(7)8)36-55-46(52)28-29-48(54)56-40-30-32-49(5)39(34-40)24-25-42-44-27-26-43(38(4)22-20-21-37(2)3)50(44,6)33-31-45(42)49/h24,37-38,40-45H,9-23,25-36H2,1-8H3/t38-,40+,41?,42+,43-,44+,45+,49+,50-/m1/s1. The number of fused-ring (bicyclic) bond motifs is 5. The summed E-state index contributed by atoms with van der Waals surface area (Å²) in [5, 5.41) is 0. The molecule has 7 heteroatoms. The number of carbonyl (C=O) groups is 3. The lowest BCUT2D eigenvalue weighted by Gasteiger charge is -2.58. The van der Waals surface area contributed by atoms with Crippen LogP contribution in [0.3, 0.4) is 0 Å². The van der Waals surface area contributed by atoms with Crippen LogP contribution < -0.4 is 0 Å². The Morgan fingerprint density at radius 1 is 0.754 bits per heavy atom. The maximum absolute atomic E-state index is 13.0. The summed E-state index contributed by atoms with van der Waals surface area (Å²) in [6.45, 7) is 15.2. The molecule has 0 spiro atoms. The summed E-state index contributed by atoms with van der Waals surface area (Å²) >= 11 is 0. The van der Waals surface area contributed by atoms with E-state index in [1.54, 1.807) is 0 Å². The Bertz CT molecular complexity index is 1260. The van der Waals surface area contributed by atoms with Gasteiger partial charge in [-0.15, -0.1) is 0 Å². The molecule has 1 unspecified atom stereocenters. The highest BCUT2D eigenvalue weighted by atomic mass is 16.6. The van der Waals surface area contributed by atoms with Crippen LogP contribution in [0.2, 0.25) is 0 Å². The maximum atomic E-state index is 13.0. The highest BCUT2D eigenvalue weighted by Gasteiger charge is 2.59. The van der Waals surface area contributed by atoms with Crippen molar-refractivity contribution in [3.05, 3.63) is 11.6 Å². The summed E-state index contributed by atoms with van der Waals surface area (Å²) < 4.78 is 17.2. The van der Waals surface area contributed by atoms with Gasteiger partial charge in [-0.2, -0.15) is 0 Å². The summed E-state index contributed by atoms with van der Waals surface area (Å²) in [5.74, 6) is 3.82. The van der Waals surface area contributed by atoms with Gasteiger partial charge in [0, 0.05) is 19.4 Å². The van der Waals surface area contributed by atoms with Crippen LogP contribution in [0, 0.1) is 46.3 Å². The van der Waals surface area contributed by atoms with E-state index in [2.05, 4.69) is 47.6 Å². The van der Waals surface area contributed by atoms with Crippen LogP contribution >= 0.6 is 0 Å². The molecule has 0 aromatic carbocycles. The largest absolute Gasteiger partial charge is 0.462 e. The van der Waals surface area contributed by atoms with Gasteiger partial charge in [-0.1, -0.05) is 137 Å². The topological polar surface area (TPSA) is 82.1 Å². The van der Waals surface area contributed by atoms with E-state index in [9.17, 15) is 14.4 Å². The van der Waals surface area contributed by atoms with E-state index in [0.29, 0.717) is 18.4 Å². The summed E-state index contributed by atoms with van der Waals surface area (Å²) in [7, 11) is 3.81. The molecule has 0 saturated heterocycles. The van der Waals surface area contributed by atoms with Gasteiger partial charge in [0.1, 0.15) is 18.8 Å². The Balaban J connectivity index is 1.14. The second-order valence-electron chi connectivity index (χ2n) is 20.5. The first-order valence-electron chi connectivity index (χ1n) is 24.2. The van der Waals surface area contributed by atoms with Gasteiger partial charge in [0.15, 0.2) is 0 Å². The molecule has 4 aliphatic carbocycles. The number of hydrogen-bond acceptors (Lipinski definition) is 7. The molecule has 4 aliphatic rings. The van der Waals surface area contributed by atoms with Crippen molar-refractivity contribution in [3.63, 3.8) is 0 Å². The third-order valence-corrected chi connectivity index (χ3v) is 15.4. The zero-order valence-electron chi connectivity index (χ0n) is 38.2. The lowest BCUT2D eigenvalue weighted by Crippen LogP contribution is -2.51. The Hall–Kier alpha value is -1.89. The second-order valence-corrected chi connectivity index (χ2v) is 20.5. The first-order valence-corrected chi connectivity index (χ1v) is 24.2. The van der Waals surface area contributed by atoms with Crippen molar-refractivity contribution in [1.29, 1.82) is 0 Å². The molecule has 0 radical (unpaired) electrons. The Morgan fingerprint density at radius 3 is 2.09 bits per heavy atom. The van der Waals surface area contributed by atoms with Gasteiger partial charge in [-0.05, 0) is 112 Å². The second kappa shape index (κ2) is 23.8. The van der Waals surface area contributed by atoms with Crippen molar-refractivity contribution in [2.24, 2.45) is 46.3 Å². The minimum atomic E-state index is -0.535. The van der Waals surface area contributed by atoms with Crippen molar-refractivity contribution < 1.29 is 28.6 Å². The number of rotatable bonds is 26. The van der Waals surface area contributed by atoms with Crippen LogP contribution in [-0.4, -0.2) is 62.3 Å². The van der Waals surface area contributed by atoms with Crippen LogP contribution in [0.5, 0.6) is 0 Å². The highest BCUT2D eigenvalue weighted by Crippen LogP contribution is 2.67. The maximum Gasteiger partial charge on any atom is 0.306 e. The number of nitrogens with zero attached hydrogens (tertiary/aromatic N) is 1. The average molecular weight is 798 g/mol. The number of esters is 3. The lowest BCUT2D eigenvalue weighted by molar-refractivity contribution is -0.161. The van der Waals surface area contributed by atoms with Crippen LogP contribution in [0.15, 0.2) is 11.6 Å². The first-order chi connectivity index (χ1) is 27.3. The normalized spacial score (nSPS) is 29.2. The van der Waals surface area contributed by atoms with E-state index in [1.807, 2.05) is 19.0 Å². The zero-order chi connectivity index (χ0) is 41.4. The SMILES string of the molecule is CCCCCCCCCCCCCC(=O)OC(COC(=O)CCC(=O)O[C@H]1CC[C@@]2(C)C(=CC[C@H]3[C@@H]4CC[C@H]([C@H](C)CCCC(C)C)[C@@]4(C)CC[C@@H]32)C1)CN(C)C. The summed E-state index contributed by atoms with van der Waals surface area (Å²) in [4.78, 5) is 40.2. The van der Waals surface area contributed by atoms with Crippen LogP contribution in [0.25, 0.3) is 0 Å². The Labute approximate surface area is 349 Å². The van der Waals surface area contributed by atoms with Gasteiger partial charge in [0.2, 0.25) is 0 Å². The molecular formula is C50H87NO6. The zero-order valence-corrected chi connectivity index (χ0v) is 38.2. The van der Waals surface area contributed by atoms with E-state index in [-0.39, 0.29) is 42.9 Å². The highest BCUT2D eigenvalue weighted by molar-refractivity contribution is 5.77. The fourth-order valence-electron chi connectivity index (χ4n) is 12.2. The summed E-state index contributed by atoms with van der Waals surface area (Å²) in [6.07, 6.45) is 29.4. The number of likely N-dealkylation sites (N-methyl/N-ethyl adjacent to an activating group) is 1. The predicted octanol–water partition coefficient (Wildman–Crippen LogP) is 12.4. The minimum Gasteiger partial charge on any atom is -0.462 e. The number of ether oxygens (including phenoxy) is 3. The molecule has 0 aromatic rings. The van der Waals surface area contributed by atoms with Crippen LogP contribution in [-0.2, 0) is 28.6 Å². The fourth-order valence-corrected chi connectivity index (χ4v) is 12.2. The Morgan fingerprint density at radius 2 is 1.42 bits per heavy atom. The smallest absolute Gasteiger partial charge is 0.306 e. The van der Waals surface area contributed by atoms with E-state index in [0.717, 1.165) is 74.0 Å². The van der Waals surface area contributed by atoms with Gasteiger partial charge >= 0.3 is 17.9 Å². The molecule has 0 N–H and O–H groups in total. The third-order valence-electron chi connectivity index (χ3n) is 15.4. The molecule has 0 aliphatic heterocycles. The summed E-state index contributed by atoms with van der Waals surface area (Å²) in [6, 6.07) is 0. The molecule has 57 heavy (non-hydrogen) atoms. The van der Waals surface area contributed by atoms with Crippen LogP contribution in [0.4, 0.5) is 0 Å². The number of carbonyl (C=O) groups excluding carboxylic acids is 3. The third kappa shape index (κ3) is 14.4. The van der Waals surface area contributed by atoms with E-state index >= 15 is 0 Å². The molecule has 9 atom stereocenters. The predicted molar refractivity (Wildman–Crippen MR) is 233 cm³/mol. The molecule has 0 heterocycles. The minimum absolute atomic E-state index is 0.00463. The monoisotopic (exact) mass is 798 g/mol.